The van der Waals surface area contributed by atoms with Crippen LogP contribution in [-0.4, -0.2) is 5.11 Å². The van der Waals surface area contributed by atoms with Crippen molar-refractivity contribution in [2.75, 3.05) is 0 Å². The van der Waals surface area contributed by atoms with Gasteiger partial charge >= 0.3 is 0 Å². The van der Waals surface area contributed by atoms with Crippen molar-refractivity contribution in [2.24, 2.45) is 0 Å². The predicted molar refractivity (Wildman–Crippen MR) is 68.6 cm³/mol. The van der Waals surface area contributed by atoms with Gasteiger partial charge in [-0.15, -0.1) is 0 Å². The number of aromatic hydroxyl groups is 1. The first-order valence-electron chi connectivity index (χ1n) is 4.52. The van der Waals surface area contributed by atoms with Crippen molar-refractivity contribution in [3.63, 3.8) is 0 Å². The summed E-state index contributed by atoms with van der Waals surface area (Å²) in [6.45, 7) is 0. The van der Waals surface area contributed by atoms with E-state index in [0.29, 0.717) is 26.2 Å². The zero-order valence-corrected chi connectivity index (χ0v) is 10.3. The Bertz CT molecular complexity index is 518. The third kappa shape index (κ3) is 2.12. The molecule has 0 aliphatic heterocycles. The standard InChI is InChI=1S/C12H7Cl3O/c13-9-2-1-3-10(14)12(9)8-5-4-7(16)6-11(8)15/h1-6,16H. The summed E-state index contributed by atoms with van der Waals surface area (Å²) in [5.74, 6) is 0.108. The molecule has 4 heteroatoms. The van der Waals surface area contributed by atoms with Crippen molar-refractivity contribution in [3.8, 4) is 16.9 Å². The van der Waals surface area contributed by atoms with Crippen LogP contribution < -0.4 is 0 Å². The Morgan fingerprint density at radius 2 is 1.44 bits per heavy atom. The highest BCUT2D eigenvalue weighted by Gasteiger charge is 2.11. The van der Waals surface area contributed by atoms with E-state index in [0.717, 1.165) is 0 Å². The molecule has 0 aliphatic carbocycles. The van der Waals surface area contributed by atoms with Crippen molar-refractivity contribution in [2.45, 2.75) is 0 Å². The Hall–Kier alpha value is -0.890. The molecule has 82 valence electrons. The van der Waals surface area contributed by atoms with Gasteiger partial charge in [-0.1, -0.05) is 40.9 Å². The first-order chi connectivity index (χ1) is 7.59. The fraction of sp³-hybridized carbons (Fsp3) is 0. The summed E-state index contributed by atoms with van der Waals surface area (Å²) in [5, 5.41) is 10.7. The van der Waals surface area contributed by atoms with Gasteiger partial charge in [-0.05, 0) is 30.3 Å². The molecule has 0 fully saturated rings. The van der Waals surface area contributed by atoms with Gasteiger partial charge in [0.25, 0.3) is 0 Å². The van der Waals surface area contributed by atoms with E-state index >= 15 is 0 Å². The van der Waals surface area contributed by atoms with E-state index < -0.39 is 0 Å². The molecule has 2 aromatic carbocycles. The van der Waals surface area contributed by atoms with E-state index in [4.69, 9.17) is 34.8 Å². The molecule has 1 nitrogen and oxygen atoms in total. The van der Waals surface area contributed by atoms with Gasteiger partial charge in [-0.2, -0.15) is 0 Å². The lowest BCUT2D eigenvalue weighted by molar-refractivity contribution is 0.475. The molecule has 0 amide bonds. The predicted octanol–water partition coefficient (Wildman–Crippen LogP) is 5.02. The fourth-order valence-electron chi connectivity index (χ4n) is 1.46. The molecule has 0 atom stereocenters. The molecule has 0 saturated carbocycles. The zero-order valence-electron chi connectivity index (χ0n) is 8.05. The Balaban J connectivity index is 2.68. The monoisotopic (exact) mass is 272 g/mol. The number of benzene rings is 2. The van der Waals surface area contributed by atoms with E-state index in [1.54, 1.807) is 30.3 Å². The molecular formula is C12H7Cl3O. The smallest absolute Gasteiger partial charge is 0.117 e. The molecule has 0 heterocycles. The average molecular weight is 274 g/mol. The Morgan fingerprint density at radius 3 is 2.00 bits per heavy atom. The summed E-state index contributed by atoms with van der Waals surface area (Å²) in [7, 11) is 0. The topological polar surface area (TPSA) is 20.2 Å². The van der Waals surface area contributed by atoms with Crippen LogP contribution >= 0.6 is 34.8 Å². The van der Waals surface area contributed by atoms with Crippen LogP contribution in [0, 0.1) is 0 Å². The zero-order chi connectivity index (χ0) is 11.7. The summed E-state index contributed by atoms with van der Waals surface area (Å²) in [4.78, 5) is 0. The van der Waals surface area contributed by atoms with Gasteiger partial charge in [0.15, 0.2) is 0 Å². The number of rotatable bonds is 1. The number of hydrogen-bond acceptors (Lipinski definition) is 1. The first kappa shape index (κ1) is 11.6. The Labute approximate surface area is 108 Å². The van der Waals surface area contributed by atoms with Crippen LogP contribution in [0.1, 0.15) is 0 Å². The lowest BCUT2D eigenvalue weighted by atomic mass is 10.1. The largest absolute Gasteiger partial charge is 0.508 e. The Morgan fingerprint density at radius 1 is 0.812 bits per heavy atom. The van der Waals surface area contributed by atoms with Crippen molar-refractivity contribution >= 4 is 34.8 Å². The van der Waals surface area contributed by atoms with Gasteiger partial charge in [0, 0.05) is 21.2 Å². The molecule has 16 heavy (non-hydrogen) atoms. The molecule has 2 aromatic rings. The van der Waals surface area contributed by atoms with Gasteiger partial charge in [0.2, 0.25) is 0 Å². The lowest BCUT2D eigenvalue weighted by Crippen LogP contribution is -1.83. The van der Waals surface area contributed by atoms with E-state index in [1.807, 2.05) is 0 Å². The summed E-state index contributed by atoms with van der Waals surface area (Å²) in [6, 6.07) is 9.93. The van der Waals surface area contributed by atoms with Gasteiger partial charge < -0.3 is 5.11 Å². The summed E-state index contributed by atoms with van der Waals surface area (Å²) < 4.78 is 0. The van der Waals surface area contributed by atoms with E-state index in [1.165, 1.54) is 6.07 Å². The van der Waals surface area contributed by atoms with Crippen LogP contribution in [0.5, 0.6) is 5.75 Å². The molecule has 0 unspecified atom stereocenters. The average Bonchev–Trinajstić information content (AvgIpc) is 2.20. The number of halogens is 3. The maximum absolute atomic E-state index is 9.27. The summed E-state index contributed by atoms with van der Waals surface area (Å²) in [6.07, 6.45) is 0. The second-order valence-corrected chi connectivity index (χ2v) is 4.48. The van der Waals surface area contributed by atoms with Crippen molar-refractivity contribution in [1.29, 1.82) is 0 Å². The Kier molecular flexibility index (Phi) is 3.29. The normalized spacial score (nSPS) is 10.4. The minimum absolute atomic E-state index is 0.108. The molecule has 2 rings (SSSR count). The number of phenolic OH excluding ortho intramolecular Hbond substituents is 1. The quantitative estimate of drug-likeness (QED) is 0.773. The number of phenols is 1. The highest BCUT2D eigenvalue weighted by atomic mass is 35.5. The van der Waals surface area contributed by atoms with Crippen LogP contribution in [0.15, 0.2) is 36.4 Å². The van der Waals surface area contributed by atoms with E-state index in [-0.39, 0.29) is 5.75 Å². The van der Waals surface area contributed by atoms with Crippen molar-refractivity contribution < 1.29 is 5.11 Å². The maximum Gasteiger partial charge on any atom is 0.117 e. The van der Waals surface area contributed by atoms with Crippen molar-refractivity contribution in [1.82, 2.24) is 0 Å². The molecule has 0 spiro atoms. The molecule has 0 aliphatic rings. The third-order valence-electron chi connectivity index (χ3n) is 2.18. The van der Waals surface area contributed by atoms with E-state index in [2.05, 4.69) is 0 Å². The molecule has 1 N–H and O–H groups in total. The van der Waals surface area contributed by atoms with Crippen LogP contribution in [0.3, 0.4) is 0 Å². The molecule has 0 aromatic heterocycles. The molecule has 0 bridgehead atoms. The minimum Gasteiger partial charge on any atom is -0.508 e. The SMILES string of the molecule is Oc1ccc(-c2c(Cl)cccc2Cl)c(Cl)c1. The maximum atomic E-state index is 9.27. The highest BCUT2D eigenvalue weighted by Crippen LogP contribution is 2.39. The van der Waals surface area contributed by atoms with Crippen LogP contribution in [0.2, 0.25) is 15.1 Å². The number of hydrogen-bond donors (Lipinski definition) is 1. The first-order valence-corrected chi connectivity index (χ1v) is 5.66. The van der Waals surface area contributed by atoms with Crippen LogP contribution in [0.25, 0.3) is 11.1 Å². The second-order valence-electron chi connectivity index (χ2n) is 3.26. The minimum atomic E-state index is 0.108. The highest BCUT2D eigenvalue weighted by molar-refractivity contribution is 6.41. The molecule has 0 saturated heterocycles. The second kappa shape index (κ2) is 4.54. The van der Waals surface area contributed by atoms with Crippen LogP contribution in [0.4, 0.5) is 0 Å². The van der Waals surface area contributed by atoms with E-state index in [9.17, 15) is 5.11 Å². The van der Waals surface area contributed by atoms with Gasteiger partial charge in [0.1, 0.15) is 5.75 Å². The van der Waals surface area contributed by atoms with Crippen molar-refractivity contribution in [3.05, 3.63) is 51.5 Å². The third-order valence-corrected chi connectivity index (χ3v) is 3.13. The van der Waals surface area contributed by atoms with Gasteiger partial charge in [-0.3, -0.25) is 0 Å². The van der Waals surface area contributed by atoms with Gasteiger partial charge in [0.05, 0.1) is 5.02 Å². The molecular weight excluding hydrogens is 266 g/mol. The summed E-state index contributed by atoms with van der Waals surface area (Å²) >= 11 is 18.2. The van der Waals surface area contributed by atoms with Crippen LogP contribution in [-0.2, 0) is 0 Å². The summed E-state index contributed by atoms with van der Waals surface area (Å²) in [5.41, 5.74) is 1.38. The lowest BCUT2D eigenvalue weighted by Gasteiger charge is -2.09. The molecule has 0 radical (unpaired) electrons. The van der Waals surface area contributed by atoms with Gasteiger partial charge in [-0.25, -0.2) is 0 Å². The fourth-order valence-corrected chi connectivity index (χ4v) is 2.33.